The van der Waals surface area contributed by atoms with Gasteiger partial charge < -0.3 is 14.4 Å². The second-order valence-corrected chi connectivity index (χ2v) is 7.60. The Hall–Kier alpha value is -3.53. The first-order valence-corrected chi connectivity index (χ1v) is 9.25. The maximum Gasteiger partial charge on any atom is 0.359 e. The van der Waals surface area contributed by atoms with Crippen molar-refractivity contribution in [2.45, 2.75) is 32.7 Å². The van der Waals surface area contributed by atoms with Crippen LogP contribution in [0, 0.1) is 0 Å². The molecule has 0 saturated carbocycles. The van der Waals surface area contributed by atoms with Crippen LogP contribution in [-0.4, -0.2) is 45.1 Å². The smallest absolute Gasteiger partial charge is 0.359 e. The molecule has 1 aromatic carbocycles. The highest BCUT2D eigenvalue weighted by atomic mass is 16.5. The SMILES string of the molecule is CC(C)(C)c1cc(NC(=O)COC(=O)c2nn(CCO)c(=O)c3ccccc23)on1. The fourth-order valence-electron chi connectivity index (χ4n) is 2.69. The molecule has 0 fully saturated rings. The third-order valence-corrected chi connectivity index (χ3v) is 4.25. The number of fused-ring (bicyclic) bond motifs is 1. The number of anilines is 1. The topological polar surface area (TPSA) is 137 Å². The molecule has 0 unspecified atom stereocenters. The monoisotopic (exact) mass is 414 g/mol. The molecule has 0 aliphatic rings. The summed E-state index contributed by atoms with van der Waals surface area (Å²) in [6.07, 6.45) is 0. The molecule has 158 valence electrons. The highest BCUT2D eigenvalue weighted by Gasteiger charge is 2.21. The van der Waals surface area contributed by atoms with Gasteiger partial charge in [-0.15, -0.1) is 0 Å². The molecule has 0 spiro atoms. The standard InChI is InChI=1S/C20H22N4O6/c1-20(2,3)14-10-16(30-23-14)21-15(26)11-29-19(28)17-12-6-4-5-7-13(12)18(27)24(22-17)8-9-25/h4-7,10,25H,8-9,11H2,1-3H3,(H,21,26). The number of carbonyl (C=O) groups excluding carboxylic acids is 2. The number of esters is 1. The van der Waals surface area contributed by atoms with Crippen molar-refractivity contribution in [1.29, 1.82) is 0 Å². The molecule has 0 aliphatic heterocycles. The van der Waals surface area contributed by atoms with Gasteiger partial charge in [0.15, 0.2) is 12.3 Å². The number of hydrogen-bond donors (Lipinski definition) is 2. The number of nitrogens with one attached hydrogen (secondary N) is 1. The molecule has 10 heteroatoms. The molecule has 2 aromatic heterocycles. The van der Waals surface area contributed by atoms with Crippen LogP contribution in [0.5, 0.6) is 0 Å². The third kappa shape index (κ3) is 4.54. The summed E-state index contributed by atoms with van der Waals surface area (Å²) in [6, 6.07) is 8.01. The first-order valence-electron chi connectivity index (χ1n) is 9.25. The lowest BCUT2D eigenvalue weighted by Gasteiger charge is -2.12. The van der Waals surface area contributed by atoms with E-state index in [1.807, 2.05) is 20.8 Å². The molecular formula is C20H22N4O6. The van der Waals surface area contributed by atoms with Crippen molar-refractivity contribution in [3.05, 3.63) is 52.1 Å². The van der Waals surface area contributed by atoms with Crippen LogP contribution < -0.4 is 10.9 Å². The lowest BCUT2D eigenvalue weighted by molar-refractivity contribution is -0.119. The Morgan fingerprint density at radius 3 is 2.57 bits per heavy atom. The molecule has 0 aliphatic carbocycles. The molecule has 1 amide bonds. The average Bonchev–Trinajstić information content (AvgIpc) is 3.17. The number of hydrogen-bond acceptors (Lipinski definition) is 8. The number of aliphatic hydroxyl groups excluding tert-OH is 1. The maximum atomic E-state index is 12.5. The lowest BCUT2D eigenvalue weighted by Crippen LogP contribution is -2.28. The van der Waals surface area contributed by atoms with Crippen molar-refractivity contribution in [2.24, 2.45) is 0 Å². The van der Waals surface area contributed by atoms with Crippen LogP contribution >= 0.6 is 0 Å². The molecule has 0 atom stereocenters. The van der Waals surface area contributed by atoms with Gasteiger partial charge in [0, 0.05) is 16.9 Å². The van der Waals surface area contributed by atoms with Crippen molar-refractivity contribution in [3.63, 3.8) is 0 Å². The van der Waals surface area contributed by atoms with Gasteiger partial charge in [-0.2, -0.15) is 5.10 Å². The average molecular weight is 414 g/mol. The summed E-state index contributed by atoms with van der Waals surface area (Å²) in [6.45, 7) is 4.87. The van der Waals surface area contributed by atoms with Gasteiger partial charge in [0.05, 0.1) is 24.2 Å². The van der Waals surface area contributed by atoms with Crippen LogP contribution in [0.3, 0.4) is 0 Å². The van der Waals surface area contributed by atoms with E-state index in [0.29, 0.717) is 11.1 Å². The van der Waals surface area contributed by atoms with Gasteiger partial charge in [-0.25, -0.2) is 9.48 Å². The molecular weight excluding hydrogens is 392 g/mol. The van der Waals surface area contributed by atoms with E-state index in [0.717, 1.165) is 4.68 Å². The molecule has 0 bridgehead atoms. The largest absolute Gasteiger partial charge is 0.451 e. The summed E-state index contributed by atoms with van der Waals surface area (Å²) in [5, 5.41) is 20.0. The maximum absolute atomic E-state index is 12.5. The van der Waals surface area contributed by atoms with Crippen molar-refractivity contribution < 1.29 is 24.0 Å². The zero-order valence-corrected chi connectivity index (χ0v) is 16.8. The summed E-state index contributed by atoms with van der Waals surface area (Å²) in [7, 11) is 0. The van der Waals surface area contributed by atoms with E-state index in [4.69, 9.17) is 14.4 Å². The van der Waals surface area contributed by atoms with E-state index in [1.54, 1.807) is 30.3 Å². The minimum absolute atomic E-state index is 0.0773. The van der Waals surface area contributed by atoms with Crippen molar-refractivity contribution in [1.82, 2.24) is 14.9 Å². The van der Waals surface area contributed by atoms with Crippen molar-refractivity contribution in [2.75, 3.05) is 18.5 Å². The quantitative estimate of drug-likeness (QED) is 0.579. The Balaban J connectivity index is 1.74. The van der Waals surface area contributed by atoms with Crippen molar-refractivity contribution >= 4 is 28.5 Å². The number of carbonyl (C=O) groups is 2. The van der Waals surface area contributed by atoms with Gasteiger partial charge >= 0.3 is 5.97 Å². The number of aromatic nitrogens is 3. The molecule has 3 rings (SSSR count). The van der Waals surface area contributed by atoms with Gasteiger partial charge in [0.25, 0.3) is 11.5 Å². The molecule has 10 nitrogen and oxygen atoms in total. The first-order chi connectivity index (χ1) is 14.2. The zero-order valence-electron chi connectivity index (χ0n) is 16.8. The Morgan fingerprint density at radius 1 is 1.23 bits per heavy atom. The molecule has 3 aromatic rings. The van der Waals surface area contributed by atoms with E-state index in [1.165, 1.54) is 0 Å². The summed E-state index contributed by atoms with van der Waals surface area (Å²) < 4.78 is 11.1. The number of benzene rings is 1. The Bertz CT molecular complexity index is 1140. The van der Waals surface area contributed by atoms with E-state index in [9.17, 15) is 14.4 Å². The van der Waals surface area contributed by atoms with Crippen LogP contribution in [0.1, 0.15) is 37.0 Å². The zero-order chi connectivity index (χ0) is 21.9. The highest BCUT2D eigenvalue weighted by molar-refractivity contribution is 6.03. The summed E-state index contributed by atoms with van der Waals surface area (Å²) in [5.74, 6) is -1.35. The van der Waals surface area contributed by atoms with Gasteiger partial charge in [-0.1, -0.05) is 44.1 Å². The summed E-state index contributed by atoms with van der Waals surface area (Å²) in [5.41, 5.74) is -0.143. The number of nitrogens with zero attached hydrogens (tertiary/aromatic N) is 3. The fraction of sp³-hybridized carbons (Fsp3) is 0.350. The fourth-order valence-corrected chi connectivity index (χ4v) is 2.69. The van der Waals surface area contributed by atoms with E-state index in [2.05, 4.69) is 15.6 Å². The Kier molecular flexibility index (Phi) is 5.97. The predicted octanol–water partition coefficient (Wildman–Crippen LogP) is 1.47. The summed E-state index contributed by atoms with van der Waals surface area (Å²) in [4.78, 5) is 37.0. The minimum atomic E-state index is -0.874. The van der Waals surface area contributed by atoms with Gasteiger partial charge in [-0.05, 0) is 6.07 Å². The third-order valence-electron chi connectivity index (χ3n) is 4.25. The Morgan fingerprint density at radius 2 is 1.93 bits per heavy atom. The van der Waals surface area contributed by atoms with Gasteiger partial charge in [0.2, 0.25) is 5.88 Å². The minimum Gasteiger partial charge on any atom is -0.451 e. The van der Waals surface area contributed by atoms with E-state index < -0.39 is 24.0 Å². The number of aliphatic hydroxyl groups is 1. The van der Waals surface area contributed by atoms with Crippen LogP contribution in [0.15, 0.2) is 39.6 Å². The second kappa shape index (κ2) is 8.46. The number of rotatable bonds is 6. The number of amides is 1. The van der Waals surface area contributed by atoms with Gasteiger partial charge in [0.1, 0.15) is 0 Å². The first kappa shape index (κ1) is 21.2. The molecule has 2 heterocycles. The van der Waals surface area contributed by atoms with Crippen LogP contribution in [0.2, 0.25) is 0 Å². The summed E-state index contributed by atoms with van der Waals surface area (Å²) >= 11 is 0. The van der Waals surface area contributed by atoms with Crippen LogP contribution in [-0.2, 0) is 21.5 Å². The predicted molar refractivity (Wildman–Crippen MR) is 107 cm³/mol. The Labute approximate surface area is 171 Å². The van der Waals surface area contributed by atoms with E-state index >= 15 is 0 Å². The normalized spacial score (nSPS) is 11.5. The molecule has 0 saturated heterocycles. The van der Waals surface area contributed by atoms with Gasteiger partial charge in [-0.3, -0.25) is 14.9 Å². The highest BCUT2D eigenvalue weighted by Crippen LogP contribution is 2.23. The molecule has 2 N–H and O–H groups in total. The van der Waals surface area contributed by atoms with Crippen LogP contribution in [0.25, 0.3) is 10.8 Å². The number of ether oxygens (including phenoxy) is 1. The molecule has 30 heavy (non-hydrogen) atoms. The molecule has 0 radical (unpaired) electrons. The lowest BCUT2D eigenvalue weighted by atomic mass is 9.92. The van der Waals surface area contributed by atoms with Crippen LogP contribution in [0.4, 0.5) is 5.88 Å². The van der Waals surface area contributed by atoms with E-state index in [-0.39, 0.29) is 35.5 Å². The van der Waals surface area contributed by atoms with Crippen molar-refractivity contribution in [3.8, 4) is 0 Å². The second-order valence-electron chi connectivity index (χ2n) is 7.60.